The summed E-state index contributed by atoms with van der Waals surface area (Å²) in [6, 6.07) is 12.1. The number of benzene rings is 2. The van der Waals surface area contributed by atoms with E-state index in [1.807, 2.05) is 18.2 Å². The van der Waals surface area contributed by atoms with Gasteiger partial charge < -0.3 is 25.0 Å². The fourth-order valence-electron chi connectivity index (χ4n) is 4.61. The summed E-state index contributed by atoms with van der Waals surface area (Å²) in [4.78, 5) is 17.3. The molecular weight excluding hydrogens is 472 g/mol. The molecule has 2 N–H and O–H groups in total. The van der Waals surface area contributed by atoms with Gasteiger partial charge in [-0.3, -0.25) is 9.69 Å². The van der Waals surface area contributed by atoms with E-state index in [0.29, 0.717) is 13.1 Å². The van der Waals surface area contributed by atoms with Crippen LogP contribution in [0.15, 0.2) is 36.4 Å². The molecule has 1 heterocycles. The van der Waals surface area contributed by atoms with Gasteiger partial charge in [-0.2, -0.15) is 0 Å². The zero-order valence-corrected chi connectivity index (χ0v) is 22.9. The van der Waals surface area contributed by atoms with Crippen molar-refractivity contribution in [3.8, 4) is 11.5 Å². The number of nitrogens with zero attached hydrogens (tertiary/aromatic N) is 2. The average molecular weight is 513 g/mol. The molecule has 0 saturated carbocycles. The molecule has 2 aromatic carbocycles. The second-order valence-corrected chi connectivity index (χ2v) is 9.37. The molecule has 2 aromatic rings. The molecule has 8 heteroatoms. The van der Waals surface area contributed by atoms with Gasteiger partial charge in [-0.1, -0.05) is 32.0 Å². The first-order chi connectivity index (χ1) is 17.5. The monoisotopic (exact) mass is 512 g/mol. The predicted molar refractivity (Wildman–Crippen MR) is 150 cm³/mol. The molecule has 7 nitrogen and oxygen atoms in total. The average Bonchev–Trinajstić information content (AvgIpc) is 3.14. The second kappa shape index (κ2) is 14.0. The molecular formula is C28H40N4O3S. The number of nitrogens with one attached hydrogen (secondary N) is 2. The lowest BCUT2D eigenvalue weighted by atomic mass is 10.0. The van der Waals surface area contributed by atoms with Crippen molar-refractivity contribution >= 4 is 28.9 Å². The first-order valence-electron chi connectivity index (χ1n) is 12.9. The lowest BCUT2D eigenvalue weighted by Crippen LogP contribution is -2.43. The number of methoxy groups -OCH3 is 2. The van der Waals surface area contributed by atoms with E-state index in [-0.39, 0.29) is 5.91 Å². The maximum absolute atomic E-state index is 12.9. The molecule has 0 spiro atoms. The van der Waals surface area contributed by atoms with Crippen LogP contribution in [0.2, 0.25) is 0 Å². The highest BCUT2D eigenvalue weighted by atomic mass is 32.1. The zero-order chi connectivity index (χ0) is 25.9. The van der Waals surface area contributed by atoms with E-state index in [1.165, 1.54) is 11.1 Å². The summed E-state index contributed by atoms with van der Waals surface area (Å²) in [5.74, 6) is 1.71. The maximum Gasteiger partial charge on any atom is 0.238 e. The fraction of sp³-hybridized carbons (Fsp3) is 0.500. The quantitative estimate of drug-likeness (QED) is 0.468. The van der Waals surface area contributed by atoms with E-state index >= 15 is 0 Å². The third-order valence-electron chi connectivity index (χ3n) is 6.66. The van der Waals surface area contributed by atoms with E-state index in [2.05, 4.69) is 52.5 Å². The molecule has 1 aliphatic rings. The Morgan fingerprint density at radius 2 is 1.72 bits per heavy atom. The van der Waals surface area contributed by atoms with Gasteiger partial charge in [0.05, 0.1) is 20.8 Å². The summed E-state index contributed by atoms with van der Waals surface area (Å²) in [7, 11) is 3.34. The number of hydrogen-bond acceptors (Lipinski definition) is 5. The minimum atomic E-state index is 0.0481. The minimum Gasteiger partial charge on any atom is -0.497 e. The van der Waals surface area contributed by atoms with Crippen LogP contribution in [0.3, 0.4) is 0 Å². The first-order valence-corrected chi connectivity index (χ1v) is 13.3. The number of rotatable bonds is 10. The number of carbonyl (C=O) groups excluding carboxylic acids is 1. The van der Waals surface area contributed by atoms with Crippen molar-refractivity contribution in [2.75, 3.05) is 58.8 Å². The van der Waals surface area contributed by atoms with E-state index in [4.69, 9.17) is 21.7 Å². The third kappa shape index (κ3) is 7.58. The van der Waals surface area contributed by atoms with Crippen LogP contribution >= 0.6 is 12.2 Å². The van der Waals surface area contributed by atoms with Gasteiger partial charge in [-0.25, -0.2) is 0 Å². The maximum atomic E-state index is 12.9. The first kappa shape index (κ1) is 27.7. The normalized spacial score (nSPS) is 14.2. The second-order valence-electron chi connectivity index (χ2n) is 8.98. The van der Waals surface area contributed by atoms with Crippen LogP contribution in [0.4, 0.5) is 5.69 Å². The molecule has 0 radical (unpaired) electrons. The number of hydrogen-bond donors (Lipinski definition) is 2. The molecule has 196 valence electrons. The molecule has 0 aromatic heterocycles. The van der Waals surface area contributed by atoms with Gasteiger partial charge in [-0.15, -0.1) is 0 Å². The topological polar surface area (TPSA) is 66.1 Å². The highest BCUT2D eigenvalue weighted by Crippen LogP contribution is 2.24. The van der Waals surface area contributed by atoms with Crippen molar-refractivity contribution in [1.29, 1.82) is 0 Å². The number of amides is 1. The summed E-state index contributed by atoms with van der Waals surface area (Å²) in [6.45, 7) is 8.71. The van der Waals surface area contributed by atoms with Crippen molar-refractivity contribution in [3.05, 3.63) is 53.1 Å². The zero-order valence-electron chi connectivity index (χ0n) is 22.1. The minimum absolute atomic E-state index is 0.0481. The van der Waals surface area contributed by atoms with Crippen LogP contribution < -0.4 is 20.1 Å². The highest BCUT2D eigenvalue weighted by Gasteiger charge is 2.19. The van der Waals surface area contributed by atoms with Crippen molar-refractivity contribution in [3.63, 3.8) is 0 Å². The van der Waals surface area contributed by atoms with E-state index in [0.717, 1.165) is 79.7 Å². The number of thiocarbonyl (C=S) groups is 1. The van der Waals surface area contributed by atoms with Gasteiger partial charge in [0, 0.05) is 38.4 Å². The Morgan fingerprint density at radius 1 is 0.972 bits per heavy atom. The van der Waals surface area contributed by atoms with Crippen molar-refractivity contribution in [2.24, 2.45) is 0 Å². The molecule has 0 unspecified atom stereocenters. The van der Waals surface area contributed by atoms with Crippen LogP contribution in [0.1, 0.15) is 37.0 Å². The Hall–Kier alpha value is -2.84. The smallest absolute Gasteiger partial charge is 0.238 e. The largest absolute Gasteiger partial charge is 0.497 e. The predicted octanol–water partition coefficient (Wildman–Crippen LogP) is 3.89. The number of ether oxygens (including phenoxy) is 2. The summed E-state index contributed by atoms with van der Waals surface area (Å²) in [5.41, 5.74) is 4.44. The van der Waals surface area contributed by atoms with Crippen LogP contribution in [0.5, 0.6) is 11.5 Å². The highest BCUT2D eigenvalue weighted by molar-refractivity contribution is 7.80. The van der Waals surface area contributed by atoms with Crippen molar-refractivity contribution < 1.29 is 14.3 Å². The number of carbonyl (C=O) groups is 1. The Labute approximate surface area is 221 Å². The number of aryl methyl sites for hydroxylation is 2. The van der Waals surface area contributed by atoms with Crippen LogP contribution in [-0.2, 0) is 24.1 Å². The lowest BCUT2D eigenvalue weighted by Gasteiger charge is -2.25. The lowest BCUT2D eigenvalue weighted by molar-refractivity contribution is -0.117. The van der Waals surface area contributed by atoms with Crippen molar-refractivity contribution in [2.45, 2.75) is 39.5 Å². The van der Waals surface area contributed by atoms with E-state index in [9.17, 15) is 4.79 Å². The van der Waals surface area contributed by atoms with Crippen molar-refractivity contribution in [1.82, 2.24) is 15.1 Å². The van der Waals surface area contributed by atoms with Gasteiger partial charge >= 0.3 is 0 Å². The Balaban J connectivity index is 1.48. The molecule has 0 aliphatic carbocycles. The summed E-state index contributed by atoms with van der Waals surface area (Å²) >= 11 is 5.69. The van der Waals surface area contributed by atoms with Gasteiger partial charge in [0.25, 0.3) is 0 Å². The standard InChI is InChI=1S/C28H40N4O3S/c1-5-21-9-7-10-22(6-2)27(21)30-26(33)20-31-15-8-16-32(18-17-31)28(36)29-14-13-23-19-24(34-3)11-12-25(23)35-4/h7,9-12,19H,5-6,8,13-18,20H2,1-4H3,(H,29,36)(H,30,33). The van der Waals surface area contributed by atoms with E-state index < -0.39 is 0 Å². The Bertz CT molecular complexity index is 1010. The number of para-hydroxylation sites is 1. The molecule has 0 bridgehead atoms. The fourth-order valence-corrected chi connectivity index (χ4v) is 4.90. The summed E-state index contributed by atoms with van der Waals surface area (Å²) < 4.78 is 10.8. The molecule has 1 saturated heterocycles. The van der Waals surface area contributed by atoms with Crippen LogP contribution in [0.25, 0.3) is 0 Å². The molecule has 0 atom stereocenters. The number of anilines is 1. The van der Waals surface area contributed by atoms with Gasteiger partial charge in [0.1, 0.15) is 11.5 Å². The van der Waals surface area contributed by atoms with Gasteiger partial charge in [0.2, 0.25) is 5.91 Å². The molecule has 1 amide bonds. The Kier molecular flexibility index (Phi) is 10.8. The molecule has 1 fully saturated rings. The SMILES string of the molecule is CCc1cccc(CC)c1NC(=O)CN1CCCN(C(=S)NCCc2cc(OC)ccc2OC)CC1. The molecule has 3 rings (SSSR count). The Morgan fingerprint density at radius 3 is 2.39 bits per heavy atom. The van der Waals surface area contributed by atoms with E-state index in [1.54, 1.807) is 14.2 Å². The van der Waals surface area contributed by atoms with Crippen LogP contribution in [0, 0.1) is 0 Å². The summed E-state index contributed by atoms with van der Waals surface area (Å²) in [6.07, 6.45) is 3.54. The van der Waals surface area contributed by atoms with Gasteiger partial charge in [-0.05, 0) is 72.8 Å². The third-order valence-corrected chi connectivity index (χ3v) is 7.07. The molecule has 36 heavy (non-hydrogen) atoms. The molecule has 1 aliphatic heterocycles. The summed E-state index contributed by atoms with van der Waals surface area (Å²) in [5, 5.41) is 7.34. The van der Waals surface area contributed by atoms with Gasteiger partial charge in [0.15, 0.2) is 5.11 Å². The van der Waals surface area contributed by atoms with Crippen LogP contribution in [-0.4, -0.2) is 74.3 Å².